The molecule has 91 heavy (non-hydrogen) atoms. The highest BCUT2D eigenvalue weighted by atomic mass is 32.2. The Morgan fingerprint density at radius 3 is 2.46 bits per heavy atom. The van der Waals surface area contributed by atoms with Gasteiger partial charge in [-0.2, -0.15) is 4.98 Å². The highest BCUT2D eigenvalue weighted by Gasteiger charge is 2.51. The van der Waals surface area contributed by atoms with Crippen molar-refractivity contribution in [2.24, 2.45) is 11.3 Å². The number of amides is 1. The molecule has 0 radical (unpaired) electrons. The number of sulfonamides is 1. The van der Waals surface area contributed by atoms with Gasteiger partial charge in [-0.05, 0) is 144 Å². The van der Waals surface area contributed by atoms with Gasteiger partial charge < -0.3 is 58.5 Å². The predicted molar refractivity (Wildman–Crippen MR) is 343 cm³/mol. The van der Waals surface area contributed by atoms with Gasteiger partial charge in [0.2, 0.25) is 5.88 Å². The van der Waals surface area contributed by atoms with E-state index in [9.17, 15) is 28.4 Å². The number of benzene rings is 3. The van der Waals surface area contributed by atoms with Crippen molar-refractivity contribution >= 4 is 61.2 Å². The monoisotopic (exact) mass is 1270 g/mol. The van der Waals surface area contributed by atoms with E-state index >= 15 is 0 Å². The van der Waals surface area contributed by atoms with E-state index in [1.54, 1.807) is 13.2 Å². The van der Waals surface area contributed by atoms with Crippen molar-refractivity contribution in [3.8, 4) is 17.4 Å². The molecule has 4 saturated heterocycles. The number of aliphatic hydroxyl groups is 1. The van der Waals surface area contributed by atoms with E-state index in [4.69, 9.17) is 38.4 Å². The van der Waals surface area contributed by atoms with Crippen molar-refractivity contribution in [2.45, 2.75) is 132 Å². The number of pyridine rings is 2. The second-order valence-corrected chi connectivity index (χ2v) is 28.4. The molecule has 4 N–H and O–H groups in total. The van der Waals surface area contributed by atoms with Crippen LogP contribution in [0.25, 0.3) is 11.0 Å². The first-order valence-corrected chi connectivity index (χ1v) is 33.9. The lowest BCUT2D eigenvalue weighted by Gasteiger charge is -2.58. The van der Waals surface area contributed by atoms with E-state index in [-0.39, 0.29) is 53.4 Å². The molecular weight excluding hydrogens is 1180 g/mol. The second-order valence-electron chi connectivity index (χ2n) is 26.8. The van der Waals surface area contributed by atoms with Gasteiger partial charge in [0.15, 0.2) is 11.6 Å². The Bertz CT molecular complexity index is 3800. The van der Waals surface area contributed by atoms with E-state index in [1.165, 1.54) is 17.7 Å². The zero-order valence-corrected chi connectivity index (χ0v) is 53.1. The minimum absolute atomic E-state index is 0.000479. The van der Waals surface area contributed by atoms with Crippen LogP contribution in [0.5, 0.6) is 17.4 Å². The molecule has 14 rings (SSSR count). The molecule has 6 aliphatic heterocycles. The first-order valence-electron chi connectivity index (χ1n) is 32.5. The van der Waals surface area contributed by atoms with Gasteiger partial charge in [0, 0.05) is 106 Å². The van der Waals surface area contributed by atoms with Crippen LogP contribution in [-0.2, 0) is 30.8 Å². The Morgan fingerprint density at radius 1 is 0.879 bits per heavy atom. The number of aromatic amines is 1. The smallest absolute Gasteiger partial charge is 0.293 e. The Balaban J connectivity index is 0.718. The minimum atomic E-state index is -4.66. The summed E-state index contributed by atoms with van der Waals surface area (Å²) in [7, 11) is -2.93. The van der Waals surface area contributed by atoms with E-state index in [2.05, 4.69) is 83.8 Å². The summed E-state index contributed by atoms with van der Waals surface area (Å²) in [5, 5.41) is 27.0. The molecule has 1 spiro atoms. The van der Waals surface area contributed by atoms with Gasteiger partial charge in [0.1, 0.15) is 28.9 Å². The van der Waals surface area contributed by atoms with E-state index in [0.29, 0.717) is 87.8 Å². The van der Waals surface area contributed by atoms with Crippen molar-refractivity contribution in [2.75, 3.05) is 113 Å². The van der Waals surface area contributed by atoms with E-state index in [0.717, 1.165) is 130 Å². The molecule has 4 atom stereocenters. The molecule has 9 heterocycles. The summed E-state index contributed by atoms with van der Waals surface area (Å²) < 4.78 is 68.4. The lowest BCUT2D eigenvalue weighted by Crippen LogP contribution is -2.60. The number of fused-ring (bicyclic) bond motifs is 4. The lowest BCUT2D eigenvalue weighted by molar-refractivity contribution is -0.384. The number of nitro groups is 1. The number of nitro benzene ring substituents is 1. The third kappa shape index (κ3) is 12.1. The first kappa shape index (κ1) is 61.2. The number of nitrogens with zero attached hydrogens (tertiary/aromatic N) is 8. The number of aromatic nitrogens is 3. The number of para-hydroxylation sites is 1. The van der Waals surface area contributed by atoms with Crippen LogP contribution in [0.3, 0.4) is 0 Å². The lowest BCUT2D eigenvalue weighted by atomic mass is 9.59. The second kappa shape index (κ2) is 25.0. The quantitative estimate of drug-likeness (QED) is 0.0521. The number of H-pyrrole nitrogens is 1. The van der Waals surface area contributed by atoms with Gasteiger partial charge in [-0.1, -0.05) is 18.2 Å². The molecule has 0 bridgehead atoms. The van der Waals surface area contributed by atoms with Crippen LogP contribution in [-0.4, -0.2) is 172 Å². The fourth-order valence-electron chi connectivity index (χ4n) is 15.6. The van der Waals surface area contributed by atoms with Crippen LogP contribution in [0.4, 0.5) is 34.3 Å². The number of piperidine rings is 1. The highest BCUT2D eigenvalue weighted by molar-refractivity contribution is 7.90. The van der Waals surface area contributed by atoms with Crippen LogP contribution in [0, 0.1) is 21.4 Å². The molecule has 6 aromatic rings. The average molecular weight is 1270 g/mol. The topological polar surface area (TPSA) is 252 Å². The summed E-state index contributed by atoms with van der Waals surface area (Å²) in [5.74, 6) is 2.18. The molecule has 1 amide bonds. The van der Waals surface area contributed by atoms with Crippen LogP contribution >= 0.6 is 0 Å². The molecule has 6 fully saturated rings. The van der Waals surface area contributed by atoms with Gasteiger partial charge in [-0.15, -0.1) is 0 Å². The molecule has 8 aliphatic rings. The number of ether oxygens (including phenoxy) is 6. The molecule has 2 aliphatic carbocycles. The van der Waals surface area contributed by atoms with Gasteiger partial charge in [-0.25, -0.2) is 18.1 Å². The fraction of sp³-hybridized carbons (Fsp3) is 0.537. The number of anilines is 5. The van der Waals surface area contributed by atoms with Gasteiger partial charge in [0.25, 0.3) is 21.6 Å². The maximum Gasteiger partial charge on any atom is 0.293 e. The van der Waals surface area contributed by atoms with Crippen LogP contribution in [0.2, 0.25) is 0 Å². The highest BCUT2D eigenvalue weighted by Crippen LogP contribution is 2.55. The zero-order chi connectivity index (χ0) is 62.8. The number of methoxy groups -OCH3 is 1. The van der Waals surface area contributed by atoms with Gasteiger partial charge in [0.05, 0.1) is 91.0 Å². The number of rotatable bonds is 16. The number of piperazine rings is 1. The SMILES string of the molecule is COc1c(N2CCOCC2)ncc2c1COC[C@H]2N1CCN(C2CC3(CCN(c4ccc(C(=O)NS(=O)(=O)c5ccc(NC[C@H]6CC[C@](C)(O)CC6)c([N+](=O)[O-])c5)c(N5c6cc7cc[nH]c7nc6O[C@H]6COCC[C@@H]65)c4)CC3)C2)[C@@H](c2ccccc2OC(C)C)C1. The molecule has 484 valence electrons. The Kier molecular flexibility index (Phi) is 16.8. The van der Waals surface area contributed by atoms with Gasteiger partial charge >= 0.3 is 0 Å². The summed E-state index contributed by atoms with van der Waals surface area (Å²) in [6, 6.07) is 21.8. The summed E-state index contributed by atoms with van der Waals surface area (Å²) in [6.45, 7) is 15.1. The Morgan fingerprint density at radius 2 is 1.68 bits per heavy atom. The van der Waals surface area contributed by atoms with E-state index in [1.807, 2.05) is 37.4 Å². The summed E-state index contributed by atoms with van der Waals surface area (Å²) in [6.07, 6.45) is 10.8. The fourth-order valence-corrected chi connectivity index (χ4v) is 16.6. The van der Waals surface area contributed by atoms with Crippen molar-refractivity contribution in [3.63, 3.8) is 0 Å². The minimum Gasteiger partial charge on any atom is -0.492 e. The largest absolute Gasteiger partial charge is 0.492 e. The molecule has 2 saturated carbocycles. The van der Waals surface area contributed by atoms with Crippen LogP contribution in [0.15, 0.2) is 90.1 Å². The Hall–Kier alpha value is -7.32. The maximum absolute atomic E-state index is 14.9. The molecule has 24 heteroatoms. The number of hydrogen-bond donors (Lipinski definition) is 4. The molecule has 3 aromatic carbocycles. The third-order valence-corrected chi connectivity index (χ3v) is 22.0. The predicted octanol–water partition coefficient (Wildman–Crippen LogP) is 9.04. The first-order chi connectivity index (χ1) is 44.0. The number of carbonyl (C=O) groups excluding carboxylic acids is 1. The summed E-state index contributed by atoms with van der Waals surface area (Å²) >= 11 is 0. The average Bonchev–Trinajstić information content (AvgIpc) is 1.36. The normalized spacial score (nSPS) is 25.5. The van der Waals surface area contributed by atoms with Crippen molar-refractivity contribution in [1.29, 1.82) is 0 Å². The standard InChI is InChI=1S/C67H83N11O12S/c1-42(2)89-59-8-6-5-7-48(59)57-38-75(58-40-88-39-51-50(58)37-70-63(61(51)85-4)74-26-29-86-30-27-74)24-25-76(57)46-34-67(35-46)19-22-73(23-20-67)45-9-11-49(54(32-45)77-53-16-28-87-41-60(53)90-65-56(77)31-44-15-21-68-62(44)71-65)64(79)72-91(83,84)47-10-12-52(55(33-47)78(81)82)69-36-43-13-17-66(3,80)18-14-43/h5-12,15,21,31-33,37,42-43,46,53,57-58,60,69,80H,13-14,16-20,22-30,34-36,38-41H2,1-4H3,(H,68,71)(H,72,79)/t43-,53-,57+,58+,60-,66-/m0/s1. The van der Waals surface area contributed by atoms with Gasteiger partial charge in [-0.3, -0.25) is 24.7 Å². The molecule has 3 aromatic heterocycles. The third-order valence-electron chi connectivity index (χ3n) is 20.6. The number of nitrogens with one attached hydrogen (secondary N) is 3. The molecule has 23 nitrogen and oxygen atoms in total. The molecular formula is C67H83N11O12S. The van der Waals surface area contributed by atoms with E-state index < -0.39 is 43.1 Å². The number of morpholine rings is 1. The van der Waals surface area contributed by atoms with Crippen molar-refractivity contribution < 1.29 is 51.7 Å². The number of hydrogen-bond acceptors (Lipinski definition) is 20. The zero-order valence-electron chi connectivity index (χ0n) is 52.3. The summed E-state index contributed by atoms with van der Waals surface area (Å²) in [4.78, 5) is 51.6. The van der Waals surface area contributed by atoms with Crippen molar-refractivity contribution in [1.82, 2.24) is 29.5 Å². The van der Waals surface area contributed by atoms with Crippen LogP contribution < -0.4 is 38.9 Å². The maximum atomic E-state index is 14.9. The number of carbonyl (C=O) groups is 1. The van der Waals surface area contributed by atoms with Crippen molar-refractivity contribution in [3.05, 3.63) is 118 Å². The Labute approximate surface area is 530 Å². The summed E-state index contributed by atoms with van der Waals surface area (Å²) in [5.41, 5.74) is 5.28. The molecule has 0 unspecified atom stereocenters. The van der Waals surface area contributed by atoms with Crippen LogP contribution in [0.1, 0.15) is 118 Å².